The number of nitrogens with zero attached hydrogens (tertiary/aromatic N) is 2. The van der Waals surface area contributed by atoms with Gasteiger partial charge in [-0.15, -0.1) is 0 Å². The maximum Gasteiger partial charge on any atom is 0.179 e. The first-order valence-corrected chi connectivity index (χ1v) is 5.89. The highest BCUT2D eigenvalue weighted by atomic mass is 16.5. The molecule has 0 atom stereocenters. The highest BCUT2D eigenvalue weighted by molar-refractivity contribution is 5.91. The fourth-order valence-electron chi connectivity index (χ4n) is 1.68. The Bertz CT molecular complexity index is 532. The zero-order valence-corrected chi connectivity index (χ0v) is 10.6. The van der Waals surface area contributed by atoms with E-state index in [9.17, 15) is 4.79 Å². The topological polar surface area (TPSA) is 44.1 Å². The number of Topliss-reactive ketones (excluding diaryl/α,β-unsaturated/α-hetero) is 1. The molecule has 0 saturated carbocycles. The van der Waals surface area contributed by atoms with Gasteiger partial charge in [0.2, 0.25) is 0 Å². The van der Waals surface area contributed by atoms with Crippen LogP contribution in [0.15, 0.2) is 36.5 Å². The van der Waals surface area contributed by atoms with Gasteiger partial charge in [0, 0.05) is 13.1 Å². The van der Waals surface area contributed by atoms with Gasteiger partial charge in [-0.3, -0.25) is 4.79 Å². The first-order valence-electron chi connectivity index (χ1n) is 5.89. The van der Waals surface area contributed by atoms with Gasteiger partial charge in [-0.1, -0.05) is 18.2 Å². The predicted molar refractivity (Wildman–Crippen MR) is 68.9 cm³/mol. The van der Waals surface area contributed by atoms with E-state index in [1.165, 1.54) is 6.92 Å². The van der Waals surface area contributed by atoms with Crippen LogP contribution in [0.2, 0.25) is 0 Å². The van der Waals surface area contributed by atoms with Gasteiger partial charge in [-0.05, 0) is 19.1 Å². The molecule has 0 spiro atoms. The van der Waals surface area contributed by atoms with Crippen LogP contribution in [-0.4, -0.2) is 21.9 Å². The minimum atomic E-state index is -0.0131. The zero-order valence-electron chi connectivity index (χ0n) is 10.6. The van der Waals surface area contributed by atoms with E-state index in [1.807, 2.05) is 41.8 Å². The van der Waals surface area contributed by atoms with Crippen LogP contribution in [0, 0.1) is 6.92 Å². The Morgan fingerprint density at radius 3 is 2.67 bits per heavy atom. The summed E-state index contributed by atoms with van der Waals surface area (Å²) in [6.45, 7) is 4.64. The summed E-state index contributed by atoms with van der Waals surface area (Å²) in [4.78, 5) is 15.4. The lowest BCUT2D eigenvalue weighted by Gasteiger charge is -2.07. The number of carbonyl (C=O) groups excluding carboxylic acids is 1. The van der Waals surface area contributed by atoms with Gasteiger partial charge < -0.3 is 9.30 Å². The highest BCUT2D eigenvalue weighted by Gasteiger charge is 2.07. The number of para-hydroxylation sites is 1. The lowest BCUT2D eigenvalue weighted by Crippen LogP contribution is -2.08. The number of benzene rings is 1. The van der Waals surface area contributed by atoms with Crippen LogP contribution in [0.4, 0.5) is 0 Å². The third-order valence-corrected chi connectivity index (χ3v) is 2.68. The molecule has 0 fully saturated rings. The standard InChI is InChI=1S/C14H16N2O2/c1-11(17)14-10-16(12(2)15-14)8-9-18-13-6-4-3-5-7-13/h3-7,10H,8-9H2,1-2H3. The van der Waals surface area contributed by atoms with Crippen LogP contribution in [0.1, 0.15) is 23.2 Å². The average molecular weight is 244 g/mol. The Balaban J connectivity index is 1.92. The Morgan fingerprint density at radius 2 is 2.06 bits per heavy atom. The smallest absolute Gasteiger partial charge is 0.179 e. The van der Waals surface area contributed by atoms with Crippen LogP contribution in [0.3, 0.4) is 0 Å². The summed E-state index contributed by atoms with van der Waals surface area (Å²) < 4.78 is 7.53. The van der Waals surface area contributed by atoms with Gasteiger partial charge >= 0.3 is 0 Å². The molecule has 0 aliphatic rings. The maximum absolute atomic E-state index is 11.2. The fraction of sp³-hybridized carbons (Fsp3) is 0.286. The summed E-state index contributed by atoms with van der Waals surface area (Å²) in [7, 11) is 0. The SMILES string of the molecule is CC(=O)c1cn(CCOc2ccccc2)c(C)n1. The van der Waals surface area contributed by atoms with Crippen LogP contribution < -0.4 is 4.74 Å². The van der Waals surface area contributed by atoms with E-state index in [4.69, 9.17) is 4.74 Å². The lowest BCUT2D eigenvalue weighted by molar-refractivity contribution is 0.101. The molecule has 0 aliphatic heterocycles. The van der Waals surface area contributed by atoms with E-state index >= 15 is 0 Å². The molecule has 1 aromatic heterocycles. The van der Waals surface area contributed by atoms with Crippen molar-refractivity contribution in [3.8, 4) is 5.75 Å². The summed E-state index contributed by atoms with van der Waals surface area (Å²) in [5, 5.41) is 0. The highest BCUT2D eigenvalue weighted by Crippen LogP contribution is 2.09. The minimum Gasteiger partial charge on any atom is -0.492 e. The third-order valence-electron chi connectivity index (χ3n) is 2.68. The molecule has 0 saturated heterocycles. The predicted octanol–water partition coefficient (Wildman–Crippen LogP) is 2.47. The van der Waals surface area contributed by atoms with Crippen molar-refractivity contribution in [2.24, 2.45) is 0 Å². The molecule has 94 valence electrons. The first kappa shape index (κ1) is 12.4. The number of rotatable bonds is 5. The van der Waals surface area contributed by atoms with E-state index in [0.29, 0.717) is 18.8 Å². The van der Waals surface area contributed by atoms with Crippen molar-refractivity contribution < 1.29 is 9.53 Å². The molecular weight excluding hydrogens is 228 g/mol. The van der Waals surface area contributed by atoms with Crippen molar-refractivity contribution in [1.29, 1.82) is 0 Å². The second-order valence-corrected chi connectivity index (χ2v) is 4.08. The normalized spacial score (nSPS) is 10.3. The number of aryl methyl sites for hydroxylation is 1. The van der Waals surface area contributed by atoms with Crippen LogP contribution in [-0.2, 0) is 6.54 Å². The molecule has 0 radical (unpaired) electrons. The minimum absolute atomic E-state index is 0.0131. The molecule has 1 aromatic carbocycles. The van der Waals surface area contributed by atoms with Crippen molar-refractivity contribution in [2.45, 2.75) is 20.4 Å². The van der Waals surface area contributed by atoms with E-state index in [-0.39, 0.29) is 5.78 Å². The number of carbonyl (C=O) groups is 1. The van der Waals surface area contributed by atoms with Gasteiger partial charge in [0.1, 0.15) is 23.9 Å². The number of hydrogen-bond acceptors (Lipinski definition) is 3. The second kappa shape index (κ2) is 5.49. The lowest BCUT2D eigenvalue weighted by atomic mass is 10.3. The molecule has 1 heterocycles. The fourth-order valence-corrected chi connectivity index (χ4v) is 1.68. The van der Waals surface area contributed by atoms with Gasteiger partial charge in [-0.2, -0.15) is 0 Å². The van der Waals surface area contributed by atoms with Crippen LogP contribution >= 0.6 is 0 Å². The van der Waals surface area contributed by atoms with E-state index in [0.717, 1.165) is 11.6 Å². The summed E-state index contributed by atoms with van der Waals surface area (Å²) in [6.07, 6.45) is 1.77. The van der Waals surface area contributed by atoms with Crippen molar-refractivity contribution in [3.63, 3.8) is 0 Å². The van der Waals surface area contributed by atoms with Gasteiger partial charge in [-0.25, -0.2) is 4.98 Å². The van der Waals surface area contributed by atoms with Crippen molar-refractivity contribution in [2.75, 3.05) is 6.61 Å². The molecule has 0 aliphatic carbocycles. The molecule has 4 nitrogen and oxygen atoms in total. The van der Waals surface area contributed by atoms with Crippen molar-refractivity contribution in [3.05, 3.63) is 48.0 Å². The third kappa shape index (κ3) is 2.97. The largest absolute Gasteiger partial charge is 0.492 e. The van der Waals surface area contributed by atoms with E-state index in [2.05, 4.69) is 4.98 Å². The number of hydrogen-bond donors (Lipinski definition) is 0. The van der Waals surface area contributed by atoms with Crippen molar-refractivity contribution >= 4 is 5.78 Å². The second-order valence-electron chi connectivity index (χ2n) is 4.08. The maximum atomic E-state index is 11.2. The number of aromatic nitrogens is 2. The molecule has 4 heteroatoms. The molecule has 0 amide bonds. The first-order chi connectivity index (χ1) is 8.66. The Labute approximate surface area is 106 Å². The number of ether oxygens (including phenoxy) is 1. The summed E-state index contributed by atoms with van der Waals surface area (Å²) in [5.74, 6) is 1.67. The molecular formula is C14H16N2O2. The summed E-state index contributed by atoms with van der Waals surface area (Å²) in [5.41, 5.74) is 0.507. The molecule has 0 unspecified atom stereocenters. The number of ketones is 1. The Morgan fingerprint density at radius 1 is 1.33 bits per heavy atom. The van der Waals surface area contributed by atoms with E-state index < -0.39 is 0 Å². The van der Waals surface area contributed by atoms with Gasteiger partial charge in [0.15, 0.2) is 5.78 Å². The van der Waals surface area contributed by atoms with Gasteiger partial charge in [0.05, 0.1) is 6.54 Å². The Hall–Kier alpha value is -2.10. The molecule has 2 rings (SSSR count). The molecule has 0 N–H and O–H groups in total. The monoisotopic (exact) mass is 244 g/mol. The average Bonchev–Trinajstić information content (AvgIpc) is 2.73. The van der Waals surface area contributed by atoms with Gasteiger partial charge in [0.25, 0.3) is 0 Å². The van der Waals surface area contributed by atoms with Crippen molar-refractivity contribution in [1.82, 2.24) is 9.55 Å². The van der Waals surface area contributed by atoms with Crippen LogP contribution in [0.5, 0.6) is 5.75 Å². The van der Waals surface area contributed by atoms with Crippen LogP contribution in [0.25, 0.3) is 0 Å². The molecule has 0 bridgehead atoms. The quantitative estimate of drug-likeness (QED) is 0.759. The Kier molecular flexibility index (Phi) is 3.77. The zero-order chi connectivity index (χ0) is 13.0. The summed E-state index contributed by atoms with van der Waals surface area (Å²) in [6, 6.07) is 9.66. The molecule has 2 aromatic rings. The molecule has 18 heavy (non-hydrogen) atoms. The number of imidazole rings is 1. The van der Waals surface area contributed by atoms with E-state index in [1.54, 1.807) is 6.20 Å². The summed E-state index contributed by atoms with van der Waals surface area (Å²) >= 11 is 0.